The molecule has 1 fully saturated rings. The minimum Gasteiger partial charge on any atom is -0.278 e. The molecule has 1 aliphatic rings. The molecule has 0 aromatic carbocycles. The molecule has 82 valence electrons. The second-order valence-corrected chi connectivity index (χ2v) is 3.99. The van der Waals surface area contributed by atoms with E-state index in [2.05, 4.69) is 11.9 Å². The molecule has 3 heteroatoms. The van der Waals surface area contributed by atoms with Crippen LogP contribution in [0.2, 0.25) is 0 Å². The summed E-state index contributed by atoms with van der Waals surface area (Å²) in [4.78, 5) is 10.6. The highest BCUT2D eigenvalue weighted by molar-refractivity contribution is 5.46. The normalized spacial score (nSPS) is 15.5. The molecule has 1 aliphatic heterocycles. The summed E-state index contributed by atoms with van der Waals surface area (Å²) in [7, 11) is 0. The maximum absolute atomic E-state index is 10.6. The summed E-state index contributed by atoms with van der Waals surface area (Å²) in [5, 5.41) is 3.90. The van der Waals surface area contributed by atoms with Gasteiger partial charge in [-0.15, -0.1) is 0 Å². The van der Waals surface area contributed by atoms with Crippen LogP contribution in [0.25, 0.3) is 0 Å². The number of hydrogen-bond donors (Lipinski definition) is 0. The summed E-state index contributed by atoms with van der Waals surface area (Å²) in [5.41, 5.74) is 0. The number of amides is 1. The summed E-state index contributed by atoms with van der Waals surface area (Å²) in [6.45, 7) is 5.27. The van der Waals surface area contributed by atoms with Crippen molar-refractivity contribution in [3.8, 4) is 0 Å². The zero-order valence-electron chi connectivity index (χ0n) is 9.24. The van der Waals surface area contributed by atoms with Gasteiger partial charge in [-0.2, -0.15) is 0 Å². The molecular weight excluding hydrogens is 176 g/mol. The first-order valence-electron chi connectivity index (χ1n) is 5.85. The maximum atomic E-state index is 10.6. The van der Waals surface area contributed by atoms with E-state index in [1.165, 1.54) is 32.1 Å². The topological polar surface area (TPSA) is 23.3 Å². The average Bonchev–Trinajstić information content (AvgIpc) is 3.01. The van der Waals surface area contributed by atoms with Crippen LogP contribution in [0.1, 0.15) is 45.4 Å². The van der Waals surface area contributed by atoms with E-state index in [9.17, 15) is 4.79 Å². The van der Waals surface area contributed by atoms with Crippen molar-refractivity contribution in [1.82, 2.24) is 10.0 Å². The fourth-order valence-corrected chi connectivity index (χ4v) is 1.62. The predicted octanol–water partition coefficient (Wildman–Crippen LogP) is 2.04. The molecule has 14 heavy (non-hydrogen) atoms. The van der Waals surface area contributed by atoms with Crippen molar-refractivity contribution in [2.45, 2.75) is 45.4 Å². The number of nitrogens with zero attached hydrogens (tertiary/aromatic N) is 2. The third-order valence-electron chi connectivity index (χ3n) is 2.65. The Labute approximate surface area is 87.0 Å². The smallest absolute Gasteiger partial charge is 0.224 e. The SMILES string of the molecule is CCCCCCCCN(C=O)N1CC1. The summed E-state index contributed by atoms with van der Waals surface area (Å²) in [6.07, 6.45) is 8.69. The molecule has 1 saturated heterocycles. The lowest BCUT2D eigenvalue weighted by Gasteiger charge is -2.17. The predicted molar refractivity (Wildman–Crippen MR) is 57.7 cm³/mol. The number of hydrogen-bond acceptors (Lipinski definition) is 2. The molecule has 0 unspecified atom stereocenters. The second-order valence-electron chi connectivity index (χ2n) is 3.99. The molecule has 0 aliphatic carbocycles. The monoisotopic (exact) mass is 198 g/mol. The van der Waals surface area contributed by atoms with Gasteiger partial charge in [0, 0.05) is 19.6 Å². The van der Waals surface area contributed by atoms with Gasteiger partial charge in [-0.1, -0.05) is 39.0 Å². The van der Waals surface area contributed by atoms with Gasteiger partial charge in [-0.05, 0) is 6.42 Å². The van der Waals surface area contributed by atoms with Crippen molar-refractivity contribution in [3.63, 3.8) is 0 Å². The van der Waals surface area contributed by atoms with Crippen molar-refractivity contribution >= 4 is 6.41 Å². The van der Waals surface area contributed by atoms with Crippen molar-refractivity contribution in [2.24, 2.45) is 0 Å². The fourth-order valence-electron chi connectivity index (χ4n) is 1.62. The minimum atomic E-state index is 0.912. The highest BCUT2D eigenvalue weighted by atomic mass is 16.2. The lowest BCUT2D eigenvalue weighted by molar-refractivity contribution is -0.126. The Morgan fingerprint density at radius 2 is 1.79 bits per heavy atom. The van der Waals surface area contributed by atoms with Gasteiger partial charge in [-0.3, -0.25) is 9.80 Å². The largest absolute Gasteiger partial charge is 0.278 e. The third kappa shape index (κ3) is 4.61. The van der Waals surface area contributed by atoms with Gasteiger partial charge in [0.1, 0.15) is 0 Å². The van der Waals surface area contributed by atoms with Crippen LogP contribution in [-0.2, 0) is 4.79 Å². The number of carbonyl (C=O) groups excluding carboxylic acids is 1. The van der Waals surface area contributed by atoms with Gasteiger partial charge in [0.25, 0.3) is 0 Å². The van der Waals surface area contributed by atoms with Gasteiger partial charge in [0.15, 0.2) is 0 Å². The Kier molecular flexibility index (Phi) is 5.60. The molecule has 0 N–H and O–H groups in total. The molecule has 0 bridgehead atoms. The van der Waals surface area contributed by atoms with Crippen LogP contribution in [0.4, 0.5) is 0 Å². The Morgan fingerprint density at radius 1 is 1.14 bits per heavy atom. The highest BCUT2D eigenvalue weighted by Gasteiger charge is 2.23. The summed E-state index contributed by atoms with van der Waals surface area (Å²) in [5.74, 6) is 0. The summed E-state index contributed by atoms with van der Waals surface area (Å²) < 4.78 is 0. The zero-order valence-corrected chi connectivity index (χ0v) is 9.24. The summed E-state index contributed by atoms with van der Waals surface area (Å²) in [6, 6.07) is 0. The molecule has 0 spiro atoms. The lowest BCUT2D eigenvalue weighted by Crippen LogP contribution is -2.28. The Bertz CT molecular complexity index is 157. The first kappa shape index (κ1) is 11.5. The van der Waals surface area contributed by atoms with Crippen LogP contribution in [0.3, 0.4) is 0 Å². The van der Waals surface area contributed by atoms with Crippen molar-refractivity contribution in [1.29, 1.82) is 0 Å². The summed E-state index contributed by atoms with van der Waals surface area (Å²) >= 11 is 0. The van der Waals surface area contributed by atoms with Crippen LogP contribution >= 0.6 is 0 Å². The van der Waals surface area contributed by atoms with E-state index in [0.717, 1.165) is 32.5 Å². The number of unbranched alkanes of at least 4 members (excludes halogenated alkanes) is 5. The first-order valence-corrected chi connectivity index (χ1v) is 5.85. The van der Waals surface area contributed by atoms with Crippen LogP contribution in [-0.4, -0.2) is 36.1 Å². The van der Waals surface area contributed by atoms with Crippen molar-refractivity contribution < 1.29 is 4.79 Å². The van der Waals surface area contributed by atoms with Crippen LogP contribution in [0, 0.1) is 0 Å². The van der Waals surface area contributed by atoms with Crippen LogP contribution in [0.5, 0.6) is 0 Å². The van der Waals surface area contributed by atoms with Gasteiger partial charge in [0.05, 0.1) is 0 Å². The number of carbonyl (C=O) groups is 1. The molecule has 1 amide bonds. The van der Waals surface area contributed by atoms with Gasteiger partial charge in [-0.25, -0.2) is 5.01 Å². The second kappa shape index (κ2) is 6.82. The van der Waals surface area contributed by atoms with Crippen molar-refractivity contribution in [3.05, 3.63) is 0 Å². The molecular formula is C11H22N2O. The zero-order chi connectivity index (χ0) is 10.2. The van der Waals surface area contributed by atoms with Crippen LogP contribution in [0.15, 0.2) is 0 Å². The van der Waals surface area contributed by atoms with E-state index in [1.54, 1.807) is 0 Å². The molecule has 0 radical (unpaired) electrons. The van der Waals surface area contributed by atoms with E-state index in [-0.39, 0.29) is 0 Å². The van der Waals surface area contributed by atoms with E-state index in [4.69, 9.17) is 0 Å². The van der Waals surface area contributed by atoms with Gasteiger partial charge < -0.3 is 0 Å². The molecule has 0 aromatic heterocycles. The highest BCUT2D eigenvalue weighted by Crippen LogP contribution is 2.10. The molecule has 1 rings (SSSR count). The average molecular weight is 198 g/mol. The Balaban J connectivity index is 1.89. The minimum absolute atomic E-state index is 0.912. The van der Waals surface area contributed by atoms with Gasteiger partial charge in [0.2, 0.25) is 6.41 Å². The number of hydrazine groups is 1. The quantitative estimate of drug-likeness (QED) is 0.321. The molecule has 0 aromatic rings. The van der Waals surface area contributed by atoms with E-state index < -0.39 is 0 Å². The first-order chi connectivity index (χ1) is 6.88. The molecule has 1 heterocycles. The molecule has 0 saturated carbocycles. The molecule has 3 nitrogen and oxygen atoms in total. The molecule has 0 atom stereocenters. The third-order valence-corrected chi connectivity index (χ3v) is 2.65. The van der Waals surface area contributed by atoms with E-state index in [1.807, 2.05) is 5.01 Å². The van der Waals surface area contributed by atoms with Crippen LogP contribution < -0.4 is 0 Å². The maximum Gasteiger partial charge on any atom is 0.224 e. The van der Waals surface area contributed by atoms with Gasteiger partial charge >= 0.3 is 0 Å². The Morgan fingerprint density at radius 3 is 2.36 bits per heavy atom. The van der Waals surface area contributed by atoms with E-state index in [0.29, 0.717) is 0 Å². The van der Waals surface area contributed by atoms with Crippen molar-refractivity contribution in [2.75, 3.05) is 19.6 Å². The Hall–Kier alpha value is -0.570. The fraction of sp³-hybridized carbons (Fsp3) is 0.909. The standard InChI is InChI=1S/C11H22N2O/c1-2-3-4-5-6-7-8-13(11-14)12-9-10-12/h11H,2-10H2,1H3. The van der Waals surface area contributed by atoms with E-state index >= 15 is 0 Å². The number of rotatable bonds is 9. The lowest BCUT2D eigenvalue weighted by atomic mass is 10.1.